The molecule has 0 aromatic heterocycles. The maximum absolute atomic E-state index is 12.8. The van der Waals surface area contributed by atoms with Crippen molar-refractivity contribution in [1.29, 1.82) is 0 Å². The number of hydrogen-bond acceptors (Lipinski definition) is 3. The van der Waals surface area contributed by atoms with E-state index in [0.29, 0.717) is 26.1 Å². The number of alkyl carbamates (subject to hydrolysis) is 1. The van der Waals surface area contributed by atoms with Gasteiger partial charge in [-0.15, -0.1) is 0 Å². The predicted octanol–water partition coefficient (Wildman–Crippen LogP) is 1.55. The van der Waals surface area contributed by atoms with Crippen LogP contribution in [-0.2, 0) is 4.74 Å². The molecule has 1 aliphatic heterocycles. The molecule has 0 aromatic carbocycles. The maximum atomic E-state index is 12.8. The average Bonchev–Trinajstić information content (AvgIpc) is 2.48. The average molecular weight is 232 g/mol. The molecule has 5 heteroatoms. The minimum absolute atomic E-state index is 0.413. The third kappa shape index (κ3) is 5.30. The molecule has 1 amide bonds. The number of carbonyl (C=O) groups excluding carboxylic acids is 1. The van der Waals surface area contributed by atoms with Gasteiger partial charge < -0.3 is 10.1 Å². The molecule has 0 aliphatic carbocycles. The molecule has 1 saturated heterocycles. The van der Waals surface area contributed by atoms with Crippen LogP contribution in [0.25, 0.3) is 0 Å². The number of ether oxygens (including phenoxy) is 1. The molecule has 1 N–H and O–H groups in total. The summed E-state index contributed by atoms with van der Waals surface area (Å²) in [6, 6.07) is 0. The molecule has 94 valence electrons. The van der Waals surface area contributed by atoms with Crippen LogP contribution in [0.3, 0.4) is 0 Å². The molecular formula is C11H21FN2O2. The number of likely N-dealkylation sites (tertiary alicyclic amines) is 1. The number of rotatable bonds is 3. The number of nitrogens with zero attached hydrogens (tertiary/aromatic N) is 1. The zero-order valence-electron chi connectivity index (χ0n) is 10.3. The van der Waals surface area contributed by atoms with Crippen LogP contribution in [0.15, 0.2) is 0 Å². The van der Waals surface area contributed by atoms with Gasteiger partial charge in [-0.3, -0.25) is 4.90 Å². The van der Waals surface area contributed by atoms with Crippen LogP contribution < -0.4 is 5.32 Å². The summed E-state index contributed by atoms with van der Waals surface area (Å²) in [5.41, 5.74) is -0.470. The van der Waals surface area contributed by atoms with Gasteiger partial charge in [-0.05, 0) is 27.2 Å². The SMILES string of the molecule is CC(C)(C)OC(=O)NCCN1CC[C@@H](F)C1. The van der Waals surface area contributed by atoms with Crippen LogP contribution in [0.5, 0.6) is 0 Å². The van der Waals surface area contributed by atoms with Crippen molar-refractivity contribution in [2.24, 2.45) is 0 Å². The standard InChI is InChI=1S/C11H21FN2O2/c1-11(2,3)16-10(15)13-5-7-14-6-4-9(12)8-14/h9H,4-8H2,1-3H3,(H,13,15)/t9-/m1/s1. The Morgan fingerprint density at radius 3 is 2.75 bits per heavy atom. The molecule has 1 atom stereocenters. The monoisotopic (exact) mass is 232 g/mol. The molecular weight excluding hydrogens is 211 g/mol. The van der Waals surface area contributed by atoms with E-state index >= 15 is 0 Å². The Hall–Kier alpha value is -0.840. The second-order valence-corrected chi connectivity index (χ2v) is 5.12. The highest BCUT2D eigenvalue weighted by Crippen LogP contribution is 2.11. The summed E-state index contributed by atoms with van der Waals surface area (Å²) in [4.78, 5) is 13.3. The highest BCUT2D eigenvalue weighted by Gasteiger charge is 2.21. The molecule has 1 heterocycles. The van der Waals surface area contributed by atoms with Crippen LogP contribution in [0.2, 0.25) is 0 Å². The van der Waals surface area contributed by atoms with Gasteiger partial charge >= 0.3 is 6.09 Å². The van der Waals surface area contributed by atoms with Gasteiger partial charge in [0.15, 0.2) is 0 Å². The third-order valence-corrected chi connectivity index (χ3v) is 2.31. The molecule has 0 bridgehead atoms. The van der Waals surface area contributed by atoms with E-state index in [1.165, 1.54) is 0 Å². The lowest BCUT2D eigenvalue weighted by molar-refractivity contribution is 0.0523. The predicted molar refractivity (Wildman–Crippen MR) is 60.2 cm³/mol. The zero-order valence-corrected chi connectivity index (χ0v) is 10.3. The lowest BCUT2D eigenvalue weighted by Crippen LogP contribution is -2.37. The van der Waals surface area contributed by atoms with Gasteiger partial charge in [-0.25, -0.2) is 9.18 Å². The summed E-state index contributed by atoms with van der Waals surface area (Å²) in [5.74, 6) is 0. The molecule has 16 heavy (non-hydrogen) atoms. The van der Waals surface area contributed by atoms with Gasteiger partial charge in [0.2, 0.25) is 0 Å². The number of hydrogen-bond donors (Lipinski definition) is 1. The van der Waals surface area contributed by atoms with Gasteiger partial charge in [-0.1, -0.05) is 0 Å². The van der Waals surface area contributed by atoms with Gasteiger partial charge in [0.05, 0.1) is 0 Å². The normalized spacial score (nSPS) is 22.1. The molecule has 0 unspecified atom stereocenters. The summed E-state index contributed by atoms with van der Waals surface area (Å²) in [7, 11) is 0. The van der Waals surface area contributed by atoms with Crippen molar-refractivity contribution in [2.45, 2.75) is 39.0 Å². The van der Waals surface area contributed by atoms with Gasteiger partial charge in [-0.2, -0.15) is 0 Å². The maximum Gasteiger partial charge on any atom is 0.407 e. The number of carbonyl (C=O) groups is 1. The van der Waals surface area contributed by atoms with Crippen LogP contribution in [0.4, 0.5) is 9.18 Å². The quantitative estimate of drug-likeness (QED) is 0.802. The fourth-order valence-electron chi connectivity index (χ4n) is 1.62. The van der Waals surface area contributed by atoms with E-state index in [1.807, 2.05) is 25.7 Å². The fraction of sp³-hybridized carbons (Fsp3) is 0.909. The Kier molecular flexibility index (Phi) is 4.53. The Balaban J connectivity index is 2.09. The van der Waals surface area contributed by atoms with Gasteiger partial charge in [0.25, 0.3) is 0 Å². The fourth-order valence-corrected chi connectivity index (χ4v) is 1.62. The van der Waals surface area contributed by atoms with E-state index in [-0.39, 0.29) is 0 Å². The van der Waals surface area contributed by atoms with Crippen molar-refractivity contribution in [3.8, 4) is 0 Å². The summed E-state index contributed by atoms with van der Waals surface area (Å²) >= 11 is 0. The second kappa shape index (κ2) is 5.48. The topological polar surface area (TPSA) is 41.6 Å². The highest BCUT2D eigenvalue weighted by molar-refractivity contribution is 5.67. The number of alkyl halides is 1. The van der Waals surface area contributed by atoms with Crippen molar-refractivity contribution in [3.05, 3.63) is 0 Å². The zero-order chi connectivity index (χ0) is 12.2. The first-order valence-corrected chi connectivity index (χ1v) is 5.70. The summed E-state index contributed by atoms with van der Waals surface area (Å²) in [6.45, 7) is 7.90. The van der Waals surface area contributed by atoms with E-state index in [2.05, 4.69) is 5.32 Å². The first kappa shape index (κ1) is 13.2. The van der Waals surface area contributed by atoms with Crippen LogP contribution in [0, 0.1) is 0 Å². The Bertz CT molecular complexity index is 241. The largest absolute Gasteiger partial charge is 0.444 e. The molecule has 0 aromatic rings. The molecule has 1 fully saturated rings. The molecule has 4 nitrogen and oxygen atoms in total. The van der Waals surface area contributed by atoms with Crippen molar-refractivity contribution in [1.82, 2.24) is 10.2 Å². The van der Waals surface area contributed by atoms with Crippen molar-refractivity contribution >= 4 is 6.09 Å². The van der Waals surface area contributed by atoms with E-state index in [1.54, 1.807) is 0 Å². The number of amides is 1. The van der Waals surface area contributed by atoms with Gasteiger partial charge in [0, 0.05) is 26.2 Å². The summed E-state index contributed by atoms with van der Waals surface area (Å²) in [5, 5.41) is 2.66. The number of nitrogens with one attached hydrogen (secondary N) is 1. The van der Waals surface area contributed by atoms with E-state index in [9.17, 15) is 9.18 Å². The minimum atomic E-state index is -0.707. The van der Waals surface area contributed by atoms with Gasteiger partial charge in [0.1, 0.15) is 11.8 Å². The summed E-state index contributed by atoms with van der Waals surface area (Å²) in [6.07, 6.45) is -0.517. The van der Waals surface area contributed by atoms with E-state index < -0.39 is 17.9 Å². The molecule has 1 aliphatic rings. The lowest BCUT2D eigenvalue weighted by atomic mass is 10.2. The third-order valence-electron chi connectivity index (χ3n) is 2.31. The molecule has 0 radical (unpaired) electrons. The first-order chi connectivity index (χ1) is 7.37. The minimum Gasteiger partial charge on any atom is -0.444 e. The van der Waals surface area contributed by atoms with Crippen molar-refractivity contribution in [2.75, 3.05) is 26.2 Å². The second-order valence-electron chi connectivity index (χ2n) is 5.12. The van der Waals surface area contributed by atoms with Crippen LogP contribution in [-0.4, -0.2) is 48.9 Å². The first-order valence-electron chi connectivity index (χ1n) is 5.70. The van der Waals surface area contributed by atoms with Crippen LogP contribution in [0.1, 0.15) is 27.2 Å². The van der Waals surface area contributed by atoms with E-state index in [0.717, 1.165) is 6.54 Å². The number of halogens is 1. The molecule has 0 spiro atoms. The smallest absolute Gasteiger partial charge is 0.407 e. The summed E-state index contributed by atoms with van der Waals surface area (Å²) < 4.78 is 17.9. The Labute approximate surface area is 96.1 Å². The van der Waals surface area contributed by atoms with E-state index in [4.69, 9.17) is 4.74 Å². The molecule has 0 saturated carbocycles. The van der Waals surface area contributed by atoms with Crippen molar-refractivity contribution in [3.63, 3.8) is 0 Å². The highest BCUT2D eigenvalue weighted by atomic mass is 19.1. The Morgan fingerprint density at radius 2 is 2.25 bits per heavy atom. The van der Waals surface area contributed by atoms with Crippen molar-refractivity contribution < 1.29 is 13.9 Å². The molecule has 1 rings (SSSR count). The lowest BCUT2D eigenvalue weighted by Gasteiger charge is -2.20. The van der Waals surface area contributed by atoms with Crippen LogP contribution >= 0.6 is 0 Å². The Morgan fingerprint density at radius 1 is 1.56 bits per heavy atom.